The van der Waals surface area contributed by atoms with Gasteiger partial charge in [-0.1, -0.05) is 12.8 Å². The Morgan fingerprint density at radius 1 is 1.14 bits per heavy atom. The first kappa shape index (κ1) is 15.5. The maximum absolute atomic E-state index is 11.1. The van der Waals surface area contributed by atoms with Crippen LogP contribution in [0.2, 0.25) is 0 Å². The average molecular weight is 355 g/mol. The van der Waals surface area contributed by atoms with E-state index in [1.807, 2.05) is 11.6 Å². The van der Waals surface area contributed by atoms with Gasteiger partial charge in [0.1, 0.15) is 0 Å². The van der Waals surface area contributed by atoms with Crippen LogP contribution >= 0.6 is 15.9 Å². The van der Waals surface area contributed by atoms with Crippen LogP contribution in [-0.4, -0.2) is 20.5 Å². The fourth-order valence-electron chi connectivity index (χ4n) is 4.40. The maximum atomic E-state index is 11.1. The molecule has 21 heavy (non-hydrogen) atoms. The topological polar surface area (TPSA) is 38.0 Å². The third-order valence-electron chi connectivity index (χ3n) is 5.85. The first-order valence-corrected chi connectivity index (χ1v) is 9.20. The zero-order chi connectivity index (χ0) is 15.1. The highest BCUT2D eigenvalue weighted by Gasteiger charge is 2.43. The third-order valence-corrected chi connectivity index (χ3v) is 6.89. The molecule has 0 unspecified atom stereocenters. The lowest BCUT2D eigenvalue weighted by Gasteiger charge is -2.42. The number of halogens is 1. The van der Waals surface area contributed by atoms with Gasteiger partial charge < -0.3 is 5.11 Å². The van der Waals surface area contributed by atoms with Crippen molar-refractivity contribution in [3.8, 4) is 0 Å². The molecule has 1 N–H and O–H groups in total. The molecule has 0 bridgehead atoms. The van der Waals surface area contributed by atoms with Gasteiger partial charge in [0.15, 0.2) is 0 Å². The van der Waals surface area contributed by atoms with Gasteiger partial charge in [-0.15, -0.1) is 0 Å². The molecule has 2 aliphatic carbocycles. The van der Waals surface area contributed by atoms with Crippen molar-refractivity contribution >= 4 is 15.9 Å². The molecule has 0 radical (unpaired) electrons. The highest BCUT2D eigenvalue weighted by Crippen LogP contribution is 2.51. The minimum absolute atomic E-state index is 0.532. The van der Waals surface area contributed by atoms with E-state index in [1.54, 1.807) is 0 Å². The fraction of sp³-hybridized carbons (Fsp3) is 0.824. The molecule has 1 aromatic rings. The molecule has 3 rings (SSSR count). The van der Waals surface area contributed by atoms with Gasteiger partial charge in [0.2, 0.25) is 0 Å². The predicted molar refractivity (Wildman–Crippen MR) is 88.4 cm³/mol. The summed E-state index contributed by atoms with van der Waals surface area (Å²) < 4.78 is 3.12. The number of rotatable bonds is 3. The summed E-state index contributed by atoms with van der Waals surface area (Å²) in [5.74, 6) is 0. The predicted octanol–water partition coefficient (Wildman–Crippen LogP) is 4.38. The van der Waals surface area contributed by atoms with Crippen LogP contribution in [0.15, 0.2) is 4.47 Å². The summed E-state index contributed by atoms with van der Waals surface area (Å²) in [6.45, 7) is 5.00. The molecular weight excluding hydrogens is 328 g/mol. The minimum Gasteiger partial charge on any atom is -0.389 e. The molecule has 4 heteroatoms. The van der Waals surface area contributed by atoms with E-state index in [9.17, 15) is 5.11 Å². The van der Waals surface area contributed by atoms with E-state index in [2.05, 4.69) is 28.0 Å². The SMILES string of the molecule is CCn1nc(C)c(Br)c1CC1(O)CCC2(CCCC2)CC1. The second kappa shape index (κ2) is 5.69. The molecule has 0 aromatic carbocycles. The van der Waals surface area contributed by atoms with Crippen molar-refractivity contribution in [3.05, 3.63) is 15.9 Å². The summed E-state index contributed by atoms with van der Waals surface area (Å²) in [4.78, 5) is 0. The highest BCUT2D eigenvalue weighted by molar-refractivity contribution is 9.10. The van der Waals surface area contributed by atoms with Crippen LogP contribution in [0.4, 0.5) is 0 Å². The minimum atomic E-state index is -0.532. The fourth-order valence-corrected chi connectivity index (χ4v) is 4.82. The first-order chi connectivity index (χ1) is 9.97. The second-order valence-electron chi connectivity index (χ2n) is 7.27. The van der Waals surface area contributed by atoms with Crippen molar-refractivity contribution in [2.45, 2.75) is 83.8 Å². The van der Waals surface area contributed by atoms with Crippen molar-refractivity contribution in [1.82, 2.24) is 9.78 Å². The van der Waals surface area contributed by atoms with Gasteiger partial charge in [-0.2, -0.15) is 5.10 Å². The Bertz CT molecular complexity index is 507. The van der Waals surface area contributed by atoms with Crippen LogP contribution in [0.1, 0.15) is 69.7 Å². The zero-order valence-electron chi connectivity index (χ0n) is 13.3. The van der Waals surface area contributed by atoms with E-state index in [0.29, 0.717) is 5.41 Å². The van der Waals surface area contributed by atoms with E-state index < -0.39 is 5.60 Å². The van der Waals surface area contributed by atoms with Gasteiger partial charge in [-0.25, -0.2) is 0 Å². The largest absolute Gasteiger partial charge is 0.389 e. The Balaban J connectivity index is 1.73. The number of hydrogen-bond acceptors (Lipinski definition) is 2. The number of aromatic nitrogens is 2. The van der Waals surface area contributed by atoms with Crippen molar-refractivity contribution in [2.24, 2.45) is 5.41 Å². The molecule has 0 atom stereocenters. The highest BCUT2D eigenvalue weighted by atomic mass is 79.9. The van der Waals surface area contributed by atoms with Crippen molar-refractivity contribution in [3.63, 3.8) is 0 Å². The van der Waals surface area contributed by atoms with E-state index in [0.717, 1.165) is 36.0 Å². The van der Waals surface area contributed by atoms with E-state index in [4.69, 9.17) is 0 Å². The molecule has 0 aliphatic heterocycles. The first-order valence-electron chi connectivity index (χ1n) is 8.41. The van der Waals surface area contributed by atoms with Gasteiger partial charge in [-0.05, 0) is 73.7 Å². The van der Waals surface area contributed by atoms with Crippen molar-refractivity contribution < 1.29 is 5.11 Å². The molecule has 1 spiro atoms. The van der Waals surface area contributed by atoms with E-state index in [-0.39, 0.29) is 0 Å². The molecule has 118 valence electrons. The van der Waals surface area contributed by atoms with Crippen LogP contribution in [0.25, 0.3) is 0 Å². The standard InChI is InChI=1S/C17H27BrN2O/c1-3-20-14(15(18)13(2)19-20)12-17(21)10-8-16(9-11-17)6-4-5-7-16/h21H,3-12H2,1-2H3. The van der Waals surface area contributed by atoms with Crippen LogP contribution in [0.3, 0.4) is 0 Å². The van der Waals surface area contributed by atoms with E-state index >= 15 is 0 Å². The third kappa shape index (κ3) is 2.94. The second-order valence-corrected chi connectivity index (χ2v) is 8.06. The van der Waals surface area contributed by atoms with Crippen LogP contribution in [0, 0.1) is 12.3 Å². The molecule has 2 fully saturated rings. The summed E-state index contributed by atoms with van der Waals surface area (Å²) in [5, 5.41) is 15.6. The summed E-state index contributed by atoms with van der Waals surface area (Å²) in [6.07, 6.45) is 10.6. The molecule has 2 aliphatic rings. The Hall–Kier alpha value is -0.350. The number of aryl methyl sites for hydroxylation is 2. The zero-order valence-corrected chi connectivity index (χ0v) is 14.9. The Labute approximate surface area is 136 Å². The summed E-state index contributed by atoms with van der Waals surface area (Å²) in [6, 6.07) is 0. The molecular formula is C17H27BrN2O. The average Bonchev–Trinajstić information content (AvgIpc) is 3.03. The molecule has 0 amide bonds. The van der Waals surface area contributed by atoms with Gasteiger partial charge in [0.05, 0.1) is 21.5 Å². The van der Waals surface area contributed by atoms with Gasteiger partial charge in [0, 0.05) is 13.0 Å². The summed E-state index contributed by atoms with van der Waals surface area (Å²) >= 11 is 3.66. The molecule has 0 saturated heterocycles. The Kier molecular flexibility index (Phi) is 4.21. The van der Waals surface area contributed by atoms with Crippen LogP contribution < -0.4 is 0 Å². The van der Waals surface area contributed by atoms with Gasteiger partial charge in [-0.3, -0.25) is 4.68 Å². The Morgan fingerprint density at radius 2 is 1.76 bits per heavy atom. The quantitative estimate of drug-likeness (QED) is 0.874. The van der Waals surface area contributed by atoms with Gasteiger partial charge in [0.25, 0.3) is 0 Å². The summed E-state index contributed by atoms with van der Waals surface area (Å²) in [5.41, 5.74) is 2.23. The maximum Gasteiger partial charge on any atom is 0.0738 e. The van der Waals surface area contributed by atoms with Crippen LogP contribution in [-0.2, 0) is 13.0 Å². The number of nitrogens with zero attached hydrogens (tertiary/aromatic N) is 2. The lowest BCUT2D eigenvalue weighted by atomic mass is 9.66. The molecule has 1 aromatic heterocycles. The lowest BCUT2D eigenvalue weighted by molar-refractivity contribution is -0.0336. The lowest BCUT2D eigenvalue weighted by Crippen LogP contribution is -2.40. The van der Waals surface area contributed by atoms with Crippen molar-refractivity contribution in [2.75, 3.05) is 0 Å². The monoisotopic (exact) mass is 354 g/mol. The number of hydrogen-bond donors (Lipinski definition) is 1. The normalized spacial score (nSPS) is 23.8. The van der Waals surface area contributed by atoms with E-state index in [1.165, 1.54) is 44.2 Å². The summed E-state index contributed by atoms with van der Waals surface area (Å²) in [7, 11) is 0. The van der Waals surface area contributed by atoms with Crippen LogP contribution in [0.5, 0.6) is 0 Å². The van der Waals surface area contributed by atoms with Crippen molar-refractivity contribution in [1.29, 1.82) is 0 Å². The Morgan fingerprint density at radius 3 is 2.33 bits per heavy atom. The smallest absolute Gasteiger partial charge is 0.0738 e. The molecule has 3 nitrogen and oxygen atoms in total. The number of aliphatic hydroxyl groups is 1. The molecule has 1 heterocycles. The van der Waals surface area contributed by atoms with Gasteiger partial charge >= 0.3 is 0 Å². The molecule has 2 saturated carbocycles.